The monoisotopic (exact) mass is 890 g/mol. The van der Waals surface area contributed by atoms with E-state index in [1.165, 1.54) is 12.1 Å². The molecule has 2 fully saturated rings. The molecule has 17 heteroatoms. The molecule has 4 aromatic carbocycles. The summed E-state index contributed by atoms with van der Waals surface area (Å²) in [7, 11) is 1.57. The summed E-state index contributed by atoms with van der Waals surface area (Å²) < 4.78 is 24.3. The number of rotatable bonds is 16. The smallest absolute Gasteiger partial charge is 0.246 e. The number of halogens is 1. The first-order chi connectivity index (χ1) is 31.0. The molecule has 1 aromatic heterocycles. The van der Waals surface area contributed by atoms with Crippen LogP contribution < -0.4 is 31.3 Å². The molecule has 2 aliphatic heterocycles. The predicted octanol–water partition coefficient (Wildman–Crippen LogP) is 4.23. The lowest BCUT2D eigenvalue weighted by atomic mass is 9.91. The van der Waals surface area contributed by atoms with Crippen molar-refractivity contribution < 1.29 is 37.6 Å². The molecular weight excluding hydrogens is 840 g/mol. The molecule has 334 valence electrons. The van der Waals surface area contributed by atoms with Gasteiger partial charge < -0.3 is 45.6 Å². The summed E-state index contributed by atoms with van der Waals surface area (Å²) in [6, 6.07) is 27.0. The normalized spacial score (nSPS) is 16.1. The van der Waals surface area contributed by atoms with Gasteiger partial charge in [0.05, 0.1) is 25.9 Å². The van der Waals surface area contributed by atoms with Crippen LogP contribution in [0.3, 0.4) is 0 Å². The summed E-state index contributed by atoms with van der Waals surface area (Å²) >= 11 is 5.35. The van der Waals surface area contributed by atoms with E-state index in [1.807, 2.05) is 60.7 Å². The van der Waals surface area contributed by atoms with E-state index in [0.717, 1.165) is 22.2 Å². The van der Waals surface area contributed by atoms with Crippen molar-refractivity contribution in [2.24, 2.45) is 0 Å². The number of hydrogen-bond donors (Lipinski definition) is 5. The molecule has 2 saturated heterocycles. The van der Waals surface area contributed by atoms with Crippen LogP contribution in [0.5, 0.6) is 5.75 Å². The maximum Gasteiger partial charge on any atom is 0.246 e. The Morgan fingerprint density at radius 1 is 0.797 bits per heavy atom. The van der Waals surface area contributed by atoms with Crippen LogP contribution in [0.15, 0.2) is 108 Å². The predicted molar refractivity (Wildman–Crippen MR) is 242 cm³/mol. The van der Waals surface area contributed by atoms with Gasteiger partial charge in [-0.3, -0.25) is 24.0 Å². The Kier molecular flexibility index (Phi) is 15.1. The van der Waals surface area contributed by atoms with E-state index in [2.05, 4.69) is 31.7 Å². The summed E-state index contributed by atoms with van der Waals surface area (Å²) in [5, 5.41) is 19.2. The van der Waals surface area contributed by atoms with Gasteiger partial charge in [-0.15, -0.1) is 0 Å². The highest BCUT2D eigenvalue weighted by molar-refractivity contribution is 7.80. The van der Waals surface area contributed by atoms with E-state index in [1.54, 1.807) is 47.2 Å². The number of piperidine rings is 1. The average Bonchev–Trinajstić information content (AvgIpc) is 3.98. The van der Waals surface area contributed by atoms with Crippen LogP contribution >= 0.6 is 12.2 Å². The van der Waals surface area contributed by atoms with Gasteiger partial charge in [0.25, 0.3) is 0 Å². The van der Waals surface area contributed by atoms with Gasteiger partial charge in [-0.2, -0.15) is 0 Å². The molecule has 0 bridgehead atoms. The summed E-state index contributed by atoms with van der Waals surface area (Å²) in [6.07, 6.45) is 2.68. The largest absolute Gasteiger partial charge is 0.497 e. The first-order valence-corrected chi connectivity index (χ1v) is 21.7. The Labute approximate surface area is 375 Å². The van der Waals surface area contributed by atoms with Crippen molar-refractivity contribution in [3.63, 3.8) is 0 Å². The van der Waals surface area contributed by atoms with Gasteiger partial charge in [-0.25, -0.2) is 4.39 Å². The van der Waals surface area contributed by atoms with E-state index in [0.29, 0.717) is 62.3 Å². The van der Waals surface area contributed by atoms with Crippen molar-refractivity contribution in [2.75, 3.05) is 45.2 Å². The second-order valence-corrected chi connectivity index (χ2v) is 16.3. The van der Waals surface area contributed by atoms with Gasteiger partial charge in [-0.05, 0) is 85.4 Å². The SMILES string of the molecule is COc1ccc(NC(=S)NCC(=O)N[C@@H](Cc2ccccc2)C(=O)NCC(=O)N[C@@H](Cc2ccccc2)C(=O)N2CCC[C@H]2C(=O)N2CCC(c3noc4cc(F)ccc34)CC2)cc1. The number of fused-ring (bicyclic) bond motifs is 1. The number of anilines is 1. The van der Waals surface area contributed by atoms with Crippen molar-refractivity contribution in [2.45, 2.75) is 62.6 Å². The molecule has 0 radical (unpaired) electrons. The molecule has 0 aliphatic carbocycles. The van der Waals surface area contributed by atoms with Gasteiger partial charge in [0.1, 0.15) is 29.7 Å². The lowest BCUT2D eigenvalue weighted by molar-refractivity contribution is -0.146. The van der Waals surface area contributed by atoms with Crippen LogP contribution in [0.1, 0.15) is 48.4 Å². The highest BCUT2D eigenvalue weighted by Crippen LogP contribution is 2.34. The Morgan fingerprint density at radius 2 is 1.42 bits per heavy atom. The number of ether oxygens (including phenoxy) is 1. The number of aromatic nitrogens is 1. The zero-order valence-electron chi connectivity index (χ0n) is 35.4. The molecule has 15 nitrogen and oxygen atoms in total. The quantitative estimate of drug-likeness (QED) is 0.0894. The van der Waals surface area contributed by atoms with Gasteiger partial charge in [-0.1, -0.05) is 65.8 Å². The van der Waals surface area contributed by atoms with E-state index in [-0.39, 0.29) is 36.3 Å². The minimum atomic E-state index is -1.05. The Morgan fingerprint density at radius 3 is 2.08 bits per heavy atom. The molecule has 3 atom stereocenters. The molecule has 64 heavy (non-hydrogen) atoms. The van der Waals surface area contributed by atoms with Gasteiger partial charge >= 0.3 is 0 Å². The molecule has 0 saturated carbocycles. The van der Waals surface area contributed by atoms with E-state index >= 15 is 0 Å². The Bertz CT molecular complexity index is 2430. The number of amides is 5. The van der Waals surface area contributed by atoms with Crippen LogP contribution in [0, 0.1) is 5.82 Å². The summed E-state index contributed by atoms with van der Waals surface area (Å²) in [5.41, 5.74) is 3.40. The number of benzene rings is 4. The Hall–Kier alpha value is -6.88. The molecule has 3 heterocycles. The van der Waals surface area contributed by atoms with Crippen molar-refractivity contribution in [1.82, 2.24) is 36.2 Å². The summed E-state index contributed by atoms with van der Waals surface area (Å²) in [4.78, 5) is 72.1. The summed E-state index contributed by atoms with van der Waals surface area (Å²) in [6.45, 7) is 0.562. The van der Waals surface area contributed by atoms with E-state index in [4.69, 9.17) is 21.5 Å². The molecular formula is C47H51FN8O7S. The first kappa shape index (κ1) is 45.2. The molecule has 2 aliphatic rings. The van der Waals surface area contributed by atoms with Crippen molar-refractivity contribution in [3.05, 3.63) is 126 Å². The molecule has 0 unspecified atom stereocenters. The van der Waals surface area contributed by atoms with Crippen molar-refractivity contribution in [1.29, 1.82) is 0 Å². The fraction of sp³-hybridized carbons (Fsp3) is 0.340. The second-order valence-electron chi connectivity index (χ2n) is 15.9. The minimum Gasteiger partial charge on any atom is -0.497 e. The average molecular weight is 891 g/mol. The van der Waals surface area contributed by atoms with Gasteiger partial charge in [0, 0.05) is 55.5 Å². The number of carbonyl (C=O) groups excluding carboxylic acids is 5. The van der Waals surface area contributed by atoms with Crippen LogP contribution in [0.4, 0.5) is 10.1 Å². The maximum absolute atomic E-state index is 14.4. The van der Waals surface area contributed by atoms with E-state index < -0.39 is 54.1 Å². The number of hydrogen-bond acceptors (Lipinski definition) is 9. The number of methoxy groups -OCH3 is 1. The Balaban J connectivity index is 0.953. The minimum absolute atomic E-state index is 0.0302. The number of nitrogens with zero attached hydrogens (tertiary/aromatic N) is 3. The van der Waals surface area contributed by atoms with Crippen LogP contribution in [0.25, 0.3) is 11.0 Å². The van der Waals surface area contributed by atoms with Crippen LogP contribution in [0.2, 0.25) is 0 Å². The van der Waals surface area contributed by atoms with Crippen molar-refractivity contribution in [3.8, 4) is 5.75 Å². The molecule has 5 amide bonds. The number of carbonyl (C=O) groups is 5. The van der Waals surface area contributed by atoms with Crippen molar-refractivity contribution >= 4 is 63.5 Å². The fourth-order valence-electron chi connectivity index (χ4n) is 8.20. The molecule has 5 aromatic rings. The number of thiocarbonyl (C=S) groups is 1. The van der Waals surface area contributed by atoms with Gasteiger partial charge in [0.15, 0.2) is 10.7 Å². The van der Waals surface area contributed by atoms with Crippen LogP contribution in [-0.4, -0.2) is 108 Å². The highest BCUT2D eigenvalue weighted by Gasteiger charge is 2.40. The topological polar surface area (TPSA) is 187 Å². The number of likely N-dealkylation sites (tertiary alicyclic amines) is 2. The zero-order valence-corrected chi connectivity index (χ0v) is 36.2. The zero-order chi connectivity index (χ0) is 45.0. The molecule has 0 spiro atoms. The van der Waals surface area contributed by atoms with E-state index in [9.17, 15) is 28.4 Å². The second kappa shape index (κ2) is 21.5. The number of nitrogens with one attached hydrogen (secondary N) is 5. The molecule has 5 N–H and O–H groups in total. The lowest BCUT2D eigenvalue weighted by Crippen LogP contribution is -2.57. The third kappa shape index (κ3) is 11.8. The molecule has 7 rings (SSSR count). The third-order valence-corrected chi connectivity index (χ3v) is 11.8. The maximum atomic E-state index is 14.4. The third-order valence-electron chi connectivity index (χ3n) is 11.5. The fourth-order valence-corrected chi connectivity index (χ4v) is 8.39. The van der Waals surface area contributed by atoms with Crippen LogP contribution in [-0.2, 0) is 36.8 Å². The highest BCUT2D eigenvalue weighted by atomic mass is 32.1. The summed E-state index contributed by atoms with van der Waals surface area (Å²) in [5.74, 6) is -1.95. The van der Waals surface area contributed by atoms with Gasteiger partial charge in [0.2, 0.25) is 29.5 Å². The standard InChI is InChI=1S/C47H51FN8O7S/c1-62-35-17-15-34(16-18-35)51-47(64)50-29-42(58)52-37(25-30-9-4-2-5-10-30)44(59)49-28-41(57)53-38(26-31-11-6-3-7-12-31)45(60)56-22-8-13-39(56)46(61)55-23-20-32(21-24-55)43-36-19-14-33(48)27-40(36)63-54-43/h2-7,9-12,14-19,27,32,37-39H,8,13,20-26,28-29H2,1H3,(H,49,59)(H,52,58)(H,53,57)(H2,50,51,64)/t37-,38-,39-/m0/s1. The lowest BCUT2D eigenvalue weighted by Gasteiger charge is -2.36. The first-order valence-electron chi connectivity index (χ1n) is 21.3.